The Morgan fingerprint density at radius 1 is 1.61 bits per heavy atom. The summed E-state index contributed by atoms with van der Waals surface area (Å²) < 4.78 is 32.0. The van der Waals surface area contributed by atoms with Crippen molar-refractivity contribution in [3.63, 3.8) is 0 Å². The first-order chi connectivity index (χ1) is 10.9. The quantitative estimate of drug-likeness (QED) is 0.577. The van der Waals surface area contributed by atoms with Crippen LogP contribution in [0.2, 0.25) is 0 Å². The van der Waals surface area contributed by atoms with Crippen molar-refractivity contribution in [2.24, 2.45) is 0 Å². The molecule has 1 aliphatic rings. The van der Waals surface area contributed by atoms with Crippen molar-refractivity contribution in [3.8, 4) is 0 Å². The second-order valence-corrected chi connectivity index (χ2v) is 6.08. The molecule has 0 atom stereocenters. The van der Waals surface area contributed by atoms with E-state index in [0.717, 1.165) is 6.08 Å². The Kier molecular flexibility index (Phi) is 6.06. The van der Waals surface area contributed by atoms with Gasteiger partial charge >= 0.3 is 5.97 Å². The third-order valence-corrected chi connectivity index (χ3v) is 3.85. The molecule has 5 nitrogen and oxygen atoms in total. The summed E-state index contributed by atoms with van der Waals surface area (Å²) in [7, 11) is 0. The van der Waals surface area contributed by atoms with Crippen LogP contribution >= 0.6 is 15.9 Å². The van der Waals surface area contributed by atoms with Gasteiger partial charge in [0.25, 0.3) is 6.43 Å². The first-order valence-electron chi connectivity index (χ1n) is 7.17. The van der Waals surface area contributed by atoms with Gasteiger partial charge in [-0.15, -0.1) is 0 Å². The monoisotopic (exact) mass is 390 g/mol. The molecule has 2 rings (SSSR count). The van der Waals surface area contributed by atoms with E-state index in [0.29, 0.717) is 17.3 Å². The van der Waals surface area contributed by atoms with E-state index in [1.54, 1.807) is 6.92 Å². The van der Waals surface area contributed by atoms with Crippen molar-refractivity contribution in [1.82, 2.24) is 4.98 Å². The zero-order valence-electron chi connectivity index (χ0n) is 12.4. The van der Waals surface area contributed by atoms with Crippen molar-refractivity contribution < 1.29 is 23.4 Å². The molecular formula is C15H17BrF2N2O3. The topological polar surface area (TPSA) is 71.5 Å². The van der Waals surface area contributed by atoms with E-state index in [-0.39, 0.29) is 30.1 Å². The van der Waals surface area contributed by atoms with Crippen LogP contribution in [0, 0.1) is 0 Å². The van der Waals surface area contributed by atoms with Crippen LogP contribution in [-0.2, 0) is 9.53 Å². The number of aromatic nitrogens is 1. The molecule has 1 aliphatic carbocycles. The van der Waals surface area contributed by atoms with Gasteiger partial charge in [-0.1, -0.05) is 0 Å². The predicted octanol–water partition coefficient (Wildman–Crippen LogP) is 2.99. The van der Waals surface area contributed by atoms with Crippen LogP contribution in [-0.4, -0.2) is 41.2 Å². The molecule has 0 radical (unpaired) electrons. The molecule has 2 N–H and O–H groups in total. The second kappa shape index (κ2) is 7.83. The molecule has 0 amide bonds. The molecule has 0 aliphatic heterocycles. The molecular weight excluding hydrogens is 374 g/mol. The van der Waals surface area contributed by atoms with E-state index in [9.17, 15) is 18.7 Å². The fourth-order valence-corrected chi connectivity index (χ4v) is 2.57. The fraction of sp³-hybridized carbons (Fsp3) is 0.467. The number of hydrogen-bond donors (Lipinski definition) is 2. The average Bonchev–Trinajstić information content (AvgIpc) is 2.45. The van der Waals surface area contributed by atoms with Gasteiger partial charge in [0.1, 0.15) is 5.82 Å². The predicted molar refractivity (Wildman–Crippen MR) is 85.2 cm³/mol. The number of aliphatic hydroxyl groups is 1. The zero-order chi connectivity index (χ0) is 17.0. The van der Waals surface area contributed by atoms with Gasteiger partial charge in [0.2, 0.25) is 0 Å². The number of alkyl halides is 2. The summed E-state index contributed by atoms with van der Waals surface area (Å²) in [4.78, 5) is 15.7. The van der Waals surface area contributed by atoms with Crippen LogP contribution in [0.4, 0.5) is 14.6 Å². The first-order valence-corrected chi connectivity index (χ1v) is 7.97. The number of rotatable bonds is 6. The first kappa shape index (κ1) is 17.8. The molecule has 0 spiro atoms. The summed E-state index contributed by atoms with van der Waals surface area (Å²) in [5.74, 6) is -0.575. The number of esters is 1. The molecule has 1 saturated carbocycles. The number of aliphatic hydroxyl groups excluding tert-OH is 1. The Balaban J connectivity index is 2.33. The van der Waals surface area contributed by atoms with Crippen molar-refractivity contribution in [2.45, 2.75) is 38.3 Å². The summed E-state index contributed by atoms with van der Waals surface area (Å²) in [5, 5.41) is 12.4. The van der Waals surface area contributed by atoms with Crippen molar-refractivity contribution >= 4 is 33.3 Å². The molecule has 1 aromatic heterocycles. The molecule has 1 heterocycles. The molecule has 1 aromatic rings. The van der Waals surface area contributed by atoms with Crippen LogP contribution in [0.15, 0.2) is 22.8 Å². The Hall–Kier alpha value is -1.54. The van der Waals surface area contributed by atoms with Crippen LogP contribution in [0.5, 0.6) is 0 Å². The minimum atomic E-state index is -2.86. The van der Waals surface area contributed by atoms with E-state index in [1.165, 1.54) is 12.3 Å². The van der Waals surface area contributed by atoms with Crippen LogP contribution in [0.25, 0.3) is 5.57 Å². The summed E-state index contributed by atoms with van der Waals surface area (Å²) in [6.45, 7) is 1.71. The van der Waals surface area contributed by atoms with Crippen LogP contribution < -0.4 is 5.32 Å². The Morgan fingerprint density at radius 3 is 2.87 bits per heavy atom. The highest BCUT2D eigenvalue weighted by Crippen LogP contribution is 2.32. The van der Waals surface area contributed by atoms with Gasteiger partial charge in [-0.05, 0) is 41.8 Å². The highest BCUT2D eigenvalue weighted by atomic mass is 79.9. The Labute approximate surface area is 140 Å². The summed E-state index contributed by atoms with van der Waals surface area (Å²) in [5.41, 5.74) is -0.330. The molecule has 0 unspecified atom stereocenters. The minimum Gasteiger partial charge on any atom is -0.463 e. The standard InChI is InChI=1S/C15H17BrF2N2O3/c1-2-23-13(22)6-11(14(17)18)12-3-8(16)7-19-15(12)20-9-4-10(21)5-9/h3,6-7,9-10,14,21H,2,4-5H2,1H3,(H,19,20)/t9-,10+. The largest absolute Gasteiger partial charge is 0.463 e. The minimum absolute atomic E-state index is 0.0288. The van der Waals surface area contributed by atoms with Gasteiger partial charge in [-0.2, -0.15) is 0 Å². The normalized spacial score (nSPS) is 21.0. The number of pyridine rings is 1. The number of anilines is 1. The molecule has 23 heavy (non-hydrogen) atoms. The average molecular weight is 391 g/mol. The maximum atomic E-state index is 13.4. The van der Waals surface area contributed by atoms with Crippen LogP contribution in [0.3, 0.4) is 0 Å². The number of carbonyl (C=O) groups is 1. The molecule has 0 aromatic carbocycles. The molecule has 8 heteroatoms. The Morgan fingerprint density at radius 2 is 2.30 bits per heavy atom. The maximum absolute atomic E-state index is 13.4. The number of hydrogen-bond acceptors (Lipinski definition) is 5. The Bertz CT molecular complexity index is 604. The fourth-order valence-electron chi connectivity index (χ4n) is 2.24. The number of carbonyl (C=O) groups excluding carboxylic acids is 1. The second-order valence-electron chi connectivity index (χ2n) is 5.17. The van der Waals surface area contributed by atoms with E-state index in [4.69, 9.17) is 4.74 Å². The van der Waals surface area contributed by atoms with Gasteiger partial charge in [0.05, 0.1) is 12.7 Å². The van der Waals surface area contributed by atoms with Gasteiger partial charge in [-0.25, -0.2) is 18.6 Å². The lowest BCUT2D eigenvalue weighted by atomic mass is 9.89. The van der Waals surface area contributed by atoms with Crippen molar-refractivity contribution in [1.29, 1.82) is 0 Å². The number of nitrogens with one attached hydrogen (secondary N) is 1. The number of allylic oxidation sites excluding steroid dienone is 1. The van der Waals surface area contributed by atoms with E-state index < -0.39 is 18.0 Å². The van der Waals surface area contributed by atoms with E-state index in [2.05, 4.69) is 26.2 Å². The SMILES string of the molecule is CCOC(=O)C=C(c1cc(Br)cnc1N[C@H]1C[C@@H](O)C1)C(F)F. The third-order valence-electron chi connectivity index (χ3n) is 3.41. The van der Waals surface area contributed by atoms with E-state index >= 15 is 0 Å². The summed E-state index contributed by atoms with van der Waals surface area (Å²) in [6, 6.07) is 1.45. The van der Waals surface area contributed by atoms with E-state index in [1.807, 2.05) is 0 Å². The van der Waals surface area contributed by atoms with Gasteiger partial charge < -0.3 is 15.2 Å². The smallest absolute Gasteiger partial charge is 0.331 e. The lowest BCUT2D eigenvalue weighted by molar-refractivity contribution is -0.137. The lowest BCUT2D eigenvalue weighted by Crippen LogP contribution is -2.39. The van der Waals surface area contributed by atoms with Gasteiger partial charge in [0.15, 0.2) is 0 Å². The van der Waals surface area contributed by atoms with Gasteiger partial charge in [-0.3, -0.25) is 0 Å². The lowest BCUT2D eigenvalue weighted by Gasteiger charge is -2.33. The van der Waals surface area contributed by atoms with Crippen molar-refractivity contribution in [2.75, 3.05) is 11.9 Å². The number of ether oxygens (including phenoxy) is 1. The maximum Gasteiger partial charge on any atom is 0.331 e. The highest BCUT2D eigenvalue weighted by Gasteiger charge is 2.29. The molecule has 0 saturated heterocycles. The third kappa shape index (κ3) is 4.71. The van der Waals surface area contributed by atoms with Crippen molar-refractivity contribution in [3.05, 3.63) is 28.4 Å². The molecule has 126 valence electrons. The van der Waals surface area contributed by atoms with Gasteiger partial charge in [0, 0.05) is 33.9 Å². The van der Waals surface area contributed by atoms with Crippen LogP contribution in [0.1, 0.15) is 25.3 Å². The molecule has 1 fully saturated rings. The number of nitrogens with zero attached hydrogens (tertiary/aromatic N) is 1. The summed E-state index contributed by atoms with van der Waals surface area (Å²) in [6.07, 6.45) is 0.0948. The zero-order valence-corrected chi connectivity index (χ0v) is 14.0. The molecule has 0 bridgehead atoms. The summed E-state index contributed by atoms with van der Waals surface area (Å²) >= 11 is 3.20. The number of halogens is 3. The highest BCUT2D eigenvalue weighted by molar-refractivity contribution is 9.10.